The van der Waals surface area contributed by atoms with Crippen LogP contribution in [0, 0.1) is 5.92 Å². The van der Waals surface area contributed by atoms with Gasteiger partial charge in [-0.15, -0.1) is 0 Å². The van der Waals surface area contributed by atoms with Crippen LogP contribution in [0.2, 0.25) is 0 Å². The van der Waals surface area contributed by atoms with Crippen LogP contribution in [0.4, 0.5) is 4.79 Å². The number of hydrogen-bond acceptors (Lipinski definition) is 7. The molecule has 0 saturated heterocycles. The summed E-state index contributed by atoms with van der Waals surface area (Å²) in [4.78, 5) is 34.2. The lowest BCUT2D eigenvalue weighted by Gasteiger charge is -2.06. The van der Waals surface area contributed by atoms with Crippen LogP contribution >= 0.6 is 0 Å². The third kappa shape index (κ3) is 5.16. The van der Waals surface area contributed by atoms with E-state index in [1.165, 1.54) is 12.1 Å². The van der Waals surface area contributed by atoms with Gasteiger partial charge in [0.25, 0.3) is 0 Å². The van der Waals surface area contributed by atoms with Gasteiger partial charge in [0.15, 0.2) is 5.76 Å². The van der Waals surface area contributed by atoms with E-state index in [-0.39, 0.29) is 18.1 Å². The lowest BCUT2D eigenvalue weighted by molar-refractivity contribution is 0.0351. The molecule has 0 amide bonds. The summed E-state index contributed by atoms with van der Waals surface area (Å²) in [5.41, 5.74) is 2.88. The Bertz CT molecular complexity index is 1000. The van der Waals surface area contributed by atoms with Crippen LogP contribution in [0.1, 0.15) is 34.6 Å². The van der Waals surface area contributed by atoms with Crippen LogP contribution in [0.3, 0.4) is 0 Å². The van der Waals surface area contributed by atoms with Crippen molar-refractivity contribution in [3.8, 4) is 22.6 Å². The average Bonchev–Trinajstić information content (AvgIpc) is 3.22. The van der Waals surface area contributed by atoms with E-state index in [9.17, 15) is 14.4 Å². The van der Waals surface area contributed by atoms with Gasteiger partial charge >= 0.3 is 12.1 Å². The van der Waals surface area contributed by atoms with Crippen molar-refractivity contribution in [3.05, 3.63) is 65.7 Å². The molecular weight excluding hydrogens is 374 g/mol. The van der Waals surface area contributed by atoms with Gasteiger partial charge in [0.2, 0.25) is 0 Å². The van der Waals surface area contributed by atoms with Crippen LogP contribution < -0.4 is 0 Å². The summed E-state index contributed by atoms with van der Waals surface area (Å²) in [6, 6.07) is 15.1. The van der Waals surface area contributed by atoms with Gasteiger partial charge < -0.3 is 14.0 Å². The highest BCUT2D eigenvalue weighted by molar-refractivity contribution is 5.95. The van der Waals surface area contributed by atoms with Crippen LogP contribution in [0.5, 0.6) is 0 Å². The molecule has 0 unspecified atom stereocenters. The molecule has 0 radical (unpaired) electrons. The van der Waals surface area contributed by atoms with E-state index in [0.29, 0.717) is 17.0 Å². The van der Waals surface area contributed by atoms with Crippen molar-refractivity contribution in [2.24, 2.45) is 5.92 Å². The second-order valence-corrected chi connectivity index (χ2v) is 6.74. The molecule has 2 aromatic carbocycles. The largest absolute Gasteiger partial charge is 0.516 e. The molecule has 0 aliphatic carbocycles. The molecule has 0 bridgehead atoms. The van der Waals surface area contributed by atoms with Gasteiger partial charge in [-0.3, -0.25) is 4.79 Å². The van der Waals surface area contributed by atoms with Gasteiger partial charge in [0.1, 0.15) is 12.0 Å². The molecule has 0 aliphatic rings. The molecule has 7 heteroatoms. The molecular formula is C22H19NO6. The highest BCUT2D eigenvalue weighted by atomic mass is 16.7. The molecule has 0 N–H and O–H groups in total. The van der Waals surface area contributed by atoms with Crippen molar-refractivity contribution < 1.29 is 28.4 Å². The van der Waals surface area contributed by atoms with Crippen molar-refractivity contribution in [1.82, 2.24) is 5.16 Å². The first kappa shape index (κ1) is 20.0. The third-order valence-corrected chi connectivity index (χ3v) is 3.97. The van der Waals surface area contributed by atoms with Crippen molar-refractivity contribution in [2.75, 3.05) is 6.61 Å². The monoisotopic (exact) mass is 393 g/mol. The minimum absolute atomic E-state index is 0.146. The Balaban J connectivity index is 1.67. The third-order valence-electron chi connectivity index (χ3n) is 3.97. The number of hydrogen-bond donors (Lipinski definition) is 0. The van der Waals surface area contributed by atoms with E-state index in [0.717, 1.165) is 17.4 Å². The second-order valence-electron chi connectivity index (χ2n) is 6.74. The molecule has 1 aromatic heterocycles. The summed E-state index contributed by atoms with van der Waals surface area (Å²) in [5.74, 6) is -0.0949. The number of aldehydes is 1. The summed E-state index contributed by atoms with van der Waals surface area (Å²) >= 11 is 0. The molecule has 0 spiro atoms. The number of esters is 1. The first-order chi connectivity index (χ1) is 14.0. The van der Waals surface area contributed by atoms with Crippen molar-refractivity contribution in [3.63, 3.8) is 0 Å². The van der Waals surface area contributed by atoms with Gasteiger partial charge in [0.05, 0.1) is 12.2 Å². The SMILES string of the molecule is CC(C)COC(=O)OC(=O)c1ccc(-c2cc(-c3ccc(C=O)cc3)on2)cc1. The number of nitrogens with zero attached hydrogens (tertiary/aromatic N) is 1. The first-order valence-corrected chi connectivity index (χ1v) is 8.98. The van der Waals surface area contributed by atoms with E-state index in [4.69, 9.17) is 9.26 Å². The van der Waals surface area contributed by atoms with Crippen molar-refractivity contribution in [1.29, 1.82) is 0 Å². The normalized spacial score (nSPS) is 10.6. The summed E-state index contributed by atoms with van der Waals surface area (Å²) in [6.07, 6.45) is -0.249. The Hall–Kier alpha value is -3.74. The predicted molar refractivity (Wildman–Crippen MR) is 104 cm³/mol. The Morgan fingerprint density at radius 3 is 2.31 bits per heavy atom. The van der Waals surface area contributed by atoms with E-state index in [1.54, 1.807) is 42.5 Å². The second kappa shape index (κ2) is 8.97. The summed E-state index contributed by atoms with van der Waals surface area (Å²) < 4.78 is 14.8. The van der Waals surface area contributed by atoms with Crippen molar-refractivity contribution >= 4 is 18.4 Å². The van der Waals surface area contributed by atoms with Crippen LogP contribution in [-0.4, -0.2) is 30.2 Å². The number of rotatable bonds is 6. The van der Waals surface area contributed by atoms with Gasteiger partial charge in [-0.25, -0.2) is 9.59 Å². The van der Waals surface area contributed by atoms with E-state index < -0.39 is 12.1 Å². The molecule has 0 saturated carbocycles. The molecule has 29 heavy (non-hydrogen) atoms. The fourth-order valence-corrected chi connectivity index (χ4v) is 2.45. The fraction of sp³-hybridized carbons (Fsp3) is 0.182. The summed E-state index contributed by atoms with van der Waals surface area (Å²) in [7, 11) is 0. The maximum absolute atomic E-state index is 12.0. The minimum Gasteiger partial charge on any atom is -0.434 e. The Kier molecular flexibility index (Phi) is 6.19. The Morgan fingerprint density at radius 1 is 1.03 bits per heavy atom. The number of ether oxygens (including phenoxy) is 2. The number of carbonyl (C=O) groups excluding carboxylic acids is 3. The van der Waals surface area contributed by atoms with E-state index in [2.05, 4.69) is 9.89 Å². The molecule has 3 aromatic rings. The highest BCUT2D eigenvalue weighted by Crippen LogP contribution is 2.26. The molecule has 1 heterocycles. The van der Waals surface area contributed by atoms with Crippen molar-refractivity contribution in [2.45, 2.75) is 13.8 Å². The number of benzene rings is 2. The zero-order chi connectivity index (χ0) is 20.8. The first-order valence-electron chi connectivity index (χ1n) is 8.98. The average molecular weight is 393 g/mol. The Labute approximate surface area is 167 Å². The smallest absolute Gasteiger partial charge is 0.434 e. The fourth-order valence-electron chi connectivity index (χ4n) is 2.45. The molecule has 0 aliphatic heterocycles. The van der Waals surface area contributed by atoms with E-state index in [1.807, 2.05) is 13.8 Å². The van der Waals surface area contributed by atoms with Gasteiger partial charge in [-0.2, -0.15) is 0 Å². The molecule has 7 nitrogen and oxygen atoms in total. The predicted octanol–water partition coefficient (Wildman–Crippen LogP) is 4.77. The zero-order valence-electron chi connectivity index (χ0n) is 16.0. The van der Waals surface area contributed by atoms with Gasteiger partial charge in [-0.05, 0) is 18.1 Å². The highest BCUT2D eigenvalue weighted by Gasteiger charge is 2.15. The maximum atomic E-state index is 12.0. The maximum Gasteiger partial charge on any atom is 0.516 e. The topological polar surface area (TPSA) is 95.7 Å². The van der Waals surface area contributed by atoms with E-state index >= 15 is 0 Å². The quantitative estimate of drug-likeness (QED) is 0.338. The van der Waals surface area contributed by atoms with Gasteiger partial charge in [-0.1, -0.05) is 55.4 Å². The number of carbonyl (C=O) groups is 3. The molecule has 3 rings (SSSR count). The lowest BCUT2D eigenvalue weighted by Crippen LogP contribution is -2.16. The van der Waals surface area contributed by atoms with Crippen LogP contribution in [-0.2, 0) is 9.47 Å². The standard InChI is InChI=1S/C22H19NO6/c1-14(2)13-27-22(26)28-21(25)18-9-7-16(8-10-18)19-11-20(29-23-19)17-5-3-15(12-24)4-6-17/h3-12,14H,13H2,1-2H3. The van der Waals surface area contributed by atoms with Crippen LogP contribution in [0.25, 0.3) is 22.6 Å². The lowest BCUT2D eigenvalue weighted by atomic mass is 10.1. The van der Waals surface area contributed by atoms with Crippen LogP contribution in [0.15, 0.2) is 59.1 Å². The summed E-state index contributed by atoms with van der Waals surface area (Å²) in [5, 5.41) is 4.03. The number of aromatic nitrogens is 1. The van der Waals surface area contributed by atoms with Gasteiger partial charge in [0, 0.05) is 22.8 Å². The molecule has 0 atom stereocenters. The summed E-state index contributed by atoms with van der Waals surface area (Å²) in [6.45, 7) is 3.93. The Morgan fingerprint density at radius 2 is 1.69 bits per heavy atom. The minimum atomic E-state index is -1.02. The molecule has 148 valence electrons. The molecule has 0 fully saturated rings. The zero-order valence-corrected chi connectivity index (χ0v) is 16.0.